The van der Waals surface area contributed by atoms with E-state index in [4.69, 9.17) is 9.52 Å². The van der Waals surface area contributed by atoms with Crippen LogP contribution in [0.2, 0.25) is 0 Å². The molecule has 166 valence electrons. The number of hydrogen-bond donors (Lipinski definition) is 1. The van der Waals surface area contributed by atoms with Gasteiger partial charge in [0.05, 0.1) is 29.7 Å². The first-order valence-electron chi connectivity index (χ1n) is 10.6. The lowest BCUT2D eigenvalue weighted by molar-refractivity contribution is 0.461. The van der Waals surface area contributed by atoms with Gasteiger partial charge in [0.15, 0.2) is 0 Å². The van der Waals surface area contributed by atoms with Crippen molar-refractivity contribution in [2.75, 3.05) is 11.4 Å². The standard InChI is InChI=1S/C23H19F2N7O/c1-13-4-3-8-32-19(13)11-18(30-32)22-21-17(26-12-27-21)7-9-31(22)23-29-28-20(33-23)10-14-15(24)5-2-6-16(14)25/h2-6,8,11-12,22H,7,9-10H2,1H3,(H,26,27). The molecule has 1 unspecified atom stereocenters. The van der Waals surface area contributed by atoms with Gasteiger partial charge in [0, 0.05) is 30.4 Å². The number of hydrogen-bond acceptors (Lipinski definition) is 6. The molecule has 0 saturated heterocycles. The molecule has 0 radical (unpaired) electrons. The van der Waals surface area contributed by atoms with E-state index in [1.165, 1.54) is 18.2 Å². The molecule has 0 aliphatic carbocycles. The maximum absolute atomic E-state index is 14.1. The van der Waals surface area contributed by atoms with Crippen LogP contribution >= 0.6 is 0 Å². The number of H-pyrrole nitrogens is 1. The number of pyridine rings is 1. The van der Waals surface area contributed by atoms with Crippen LogP contribution in [0.15, 0.2) is 53.3 Å². The molecule has 4 aromatic heterocycles. The predicted octanol–water partition coefficient (Wildman–Crippen LogP) is 3.77. The minimum absolute atomic E-state index is 0.103. The van der Waals surface area contributed by atoms with Crippen LogP contribution in [-0.2, 0) is 12.8 Å². The lowest BCUT2D eigenvalue weighted by atomic mass is 10.00. The molecule has 33 heavy (non-hydrogen) atoms. The number of aromatic amines is 1. The molecule has 8 nitrogen and oxygen atoms in total. The average Bonchev–Trinajstić information content (AvgIpc) is 3.55. The lowest BCUT2D eigenvalue weighted by Crippen LogP contribution is -2.36. The van der Waals surface area contributed by atoms with E-state index in [0.29, 0.717) is 13.0 Å². The monoisotopic (exact) mass is 447 g/mol. The summed E-state index contributed by atoms with van der Waals surface area (Å²) in [6.45, 7) is 2.62. The van der Waals surface area contributed by atoms with Crippen LogP contribution in [0.4, 0.5) is 14.8 Å². The van der Waals surface area contributed by atoms with Crippen molar-refractivity contribution >= 4 is 11.5 Å². The van der Waals surface area contributed by atoms with E-state index in [2.05, 4.69) is 20.2 Å². The van der Waals surface area contributed by atoms with E-state index in [1.54, 1.807) is 6.33 Å². The van der Waals surface area contributed by atoms with Crippen LogP contribution in [-0.4, -0.2) is 36.3 Å². The van der Waals surface area contributed by atoms with Crippen LogP contribution in [0.25, 0.3) is 5.52 Å². The number of fused-ring (bicyclic) bond motifs is 2. The summed E-state index contributed by atoms with van der Waals surface area (Å²) >= 11 is 0. The van der Waals surface area contributed by atoms with Gasteiger partial charge in [-0.15, -0.1) is 5.10 Å². The Bertz CT molecular complexity index is 1450. The molecule has 1 aromatic carbocycles. The fourth-order valence-electron chi connectivity index (χ4n) is 4.38. The quantitative estimate of drug-likeness (QED) is 0.451. The molecular formula is C23H19F2N7O. The Labute approximate surface area is 186 Å². The predicted molar refractivity (Wildman–Crippen MR) is 115 cm³/mol. The first kappa shape index (κ1) is 19.6. The number of nitrogens with zero attached hydrogens (tertiary/aromatic N) is 6. The van der Waals surface area contributed by atoms with Crippen molar-refractivity contribution in [3.05, 3.63) is 94.7 Å². The smallest absolute Gasteiger partial charge is 0.319 e. The second kappa shape index (κ2) is 7.51. The van der Waals surface area contributed by atoms with Crippen molar-refractivity contribution in [1.29, 1.82) is 0 Å². The van der Waals surface area contributed by atoms with Gasteiger partial charge >= 0.3 is 6.01 Å². The first-order chi connectivity index (χ1) is 16.1. The molecule has 5 aromatic rings. The van der Waals surface area contributed by atoms with Crippen molar-refractivity contribution in [2.24, 2.45) is 0 Å². The fraction of sp³-hybridized carbons (Fsp3) is 0.217. The Kier molecular flexibility index (Phi) is 4.46. The maximum Gasteiger partial charge on any atom is 0.319 e. The van der Waals surface area contributed by atoms with E-state index in [1.807, 2.05) is 40.7 Å². The molecule has 0 bridgehead atoms. The van der Waals surface area contributed by atoms with Gasteiger partial charge in [0.2, 0.25) is 5.89 Å². The van der Waals surface area contributed by atoms with Crippen LogP contribution in [0.3, 0.4) is 0 Å². The molecule has 0 amide bonds. The molecule has 0 saturated carbocycles. The van der Waals surface area contributed by atoms with E-state index >= 15 is 0 Å². The largest absolute Gasteiger partial charge is 0.408 e. The van der Waals surface area contributed by atoms with Crippen molar-refractivity contribution in [2.45, 2.75) is 25.8 Å². The molecule has 1 aliphatic heterocycles. The summed E-state index contributed by atoms with van der Waals surface area (Å²) in [6, 6.07) is 9.66. The van der Waals surface area contributed by atoms with Crippen molar-refractivity contribution in [1.82, 2.24) is 29.8 Å². The summed E-state index contributed by atoms with van der Waals surface area (Å²) in [6.07, 6.45) is 4.14. The van der Waals surface area contributed by atoms with E-state index in [-0.39, 0.29) is 29.9 Å². The van der Waals surface area contributed by atoms with E-state index in [9.17, 15) is 8.78 Å². The van der Waals surface area contributed by atoms with Gasteiger partial charge in [-0.3, -0.25) is 0 Å². The third-order valence-electron chi connectivity index (χ3n) is 6.03. The van der Waals surface area contributed by atoms with Crippen LogP contribution < -0.4 is 4.90 Å². The van der Waals surface area contributed by atoms with Crippen LogP contribution in [0.1, 0.15) is 40.1 Å². The molecule has 1 atom stereocenters. The molecule has 0 fully saturated rings. The number of nitrogens with one attached hydrogen (secondary N) is 1. The fourth-order valence-corrected chi connectivity index (χ4v) is 4.38. The normalized spacial score (nSPS) is 15.8. The Balaban J connectivity index is 1.39. The second-order valence-electron chi connectivity index (χ2n) is 8.06. The third-order valence-corrected chi connectivity index (χ3v) is 6.03. The Morgan fingerprint density at radius 2 is 2.00 bits per heavy atom. The van der Waals surface area contributed by atoms with E-state index < -0.39 is 11.6 Å². The SMILES string of the molecule is Cc1cccn2nc(C3c4nc[nH]c4CCN3c3nnc(Cc4c(F)cccc4F)o3)cc12. The van der Waals surface area contributed by atoms with Gasteiger partial charge < -0.3 is 14.3 Å². The highest BCUT2D eigenvalue weighted by Crippen LogP contribution is 2.36. The summed E-state index contributed by atoms with van der Waals surface area (Å²) in [5, 5.41) is 13.0. The minimum Gasteiger partial charge on any atom is -0.408 e. The van der Waals surface area contributed by atoms with E-state index in [0.717, 1.165) is 28.2 Å². The highest BCUT2D eigenvalue weighted by molar-refractivity contribution is 5.57. The number of aryl methyl sites for hydroxylation is 1. The highest BCUT2D eigenvalue weighted by Gasteiger charge is 2.36. The number of rotatable bonds is 4. The van der Waals surface area contributed by atoms with Gasteiger partial charge in [-0.2, -0.15) is 5.10 Å². The van der Waals surface area contributed by atoms with Gasteiger partial charge in [-0.1, -0.05) is 17.2 Å². The van der Waals surface area contributed by atoms with Crippen LogP contribution in [0, 0.1) is 18.6 Å². The number of imidazole rings is 1. The molecule has 5 heterocycles. The zero-order chi connectivity index (χ0) is 22.5. The maximum atomic E-state index is 14.1. The summed E-state index contributed by atoms with van der Waals surface area (Å²) in [4.78, 5) is 9.69. The third kappa shape index (κ3) is 3.25. The number of halogens is 2. The van der Waals surface area contributed by atoms with Crippen molar-refractivity contribution in [3.8, 4) is 0 Å². The van der Waals surface area contributed by atoms with Crippen molar-refractivity contribution < 1.29 is 13.2 Å². The summed E-state index contributed by atoms with van der Waals surface area (Å²) in [5.41, 5.74) is 4.65. The molecule has 10 heteroatoms. The van der Waals surface area contributed by atoms with Crippen molar-refractivity contribution in [3.63, 3.8) is 0 Å². The Morgan fingerprint density at radius 3 is 2.82 bits per heavy atom. The van der Waals surface area contributed by atoms with Gasteiger partial charge in [-0.05, 0) is 36.8 Å². The molecule has 1 aliphatic rings. The van der Waals surface area contributed by atoms with Gasteiger partial charge in [0.25, 0.3) is 0 Å². The lowest BCUT2D eigenvalue weighted by Gasteiger charge is -2.32. The average molecular weight is 447 g/mol. The topological polar surface area (TPSA) is 88.1 Å². The summed E-state index contributed by atoms with van der Waals surface area (Å²) < 4.78 is 35.9. The van der Waals surface area contributed by atoms with Crippen LogP contribution in [0.5, 0.6) is 0 Å². The summed E-state index contributed by atoms with van der Waals surface area (Å²) in [7, 11) is 0. The number of aromatic nitrogens is 6. The Hall–Kier alpha value is -4.08. The number of anilines is 1. The van der Waals surface area contributed by atoms with Gasteiger partial charge in [-0.25, -0.2) is 18.3 Å². The molecule has 0 spiro atoms. The molecule has 1 N–H and O–H groups in total. The zero-order valence-electron chi connectivity index (χ0n) is 17.7. The molecular weight excluding hydrogens is 428 g/mol. The first-order valence-corrected chi connectivity index (χ1v) is 10.6. The van der Waals surface area contributed by atoms with Gasteiger partial charge in [0.1, 0.15) is 17.7 Å². The second-order valence-corrected chi connectivity index (χ2v) is 8.06. The zero-order valence-corrected chi connectivity index (χ0v) is 17.7. The minimum atomic E-state index is -0.646. The highest BCUT2D eigenvalue weighted by atomic mass is 19.1. The number of benzene rings is 1. The molecule has 6 rings (SSSR count). The Morgan fingerprint density at radius 1 is 1.15 bits per heavy atom. The summed E-state index contributed by atoms with van der Waals surface area (Å²) in [5.74, 6) is -1.16.